The number of benzene rings is 1. The van der Waals surface area contributed by atoms with Crippen LogP contribution in [0.2, 0.25) is 0 Å². The number of phenolic OH excluding ortho intramolecular Hbond substituents is 1. The number of phenols is 1. The molecule has 0 heterocycles. The fourth-order valence-electron chi connectivity index (χ4n) is 1.81. The summed E-state index contributed by atoms with van der Waals surface area (Å²) in [6.07, 6.45) is 3.53. The Labute approximate surface area is 114 Å². The third-order valence-corrected chi connectivity index (χ3v) is 2.94. The van der Waals surface area contributed by atoms with Crippen molar-refractivity contribution in [3.63, 3.8) is 0 Å². The molecule has 0 bridgehead atoms. The average molecular weight is 265 g/mol. The quantitative estimate of drug-likeness (QED) is 0.689. The largest absolute Gasteiger partial charge is 0.547 e. The first-order valence-electron chi connectivity index (χ1n) is 6.74. The van der Waals surface area contributed by atoms with Gasteiger partial charge in [-0.1, -0.05) is 38.3 Å². The molecule has 1 aromatic carbocycles. The van der Waals surface area contributed by atoms with Crippen molar-refractivity contribution in [3.05, 3.63) is 29.8 Å². The molecule has 0 aliphatic heterocycles. The molecule has 0 radical (unpaired) electrons. The SMILES string of the molecule is CCCCCCOC(Cc1ccc(O)cc1)C(=O)[O-]. The van der Waals surface area contributed by atoms with Crippen LogP contribution in [-0.2, 0) is 16.0 Å². The fraction of sp³-hybridized carbons (Fsp3) is 0.533. The van der Waals surface area contributed by atoms with Crippen LogP contribution >= 0.6 is 0 Å². The normalized spacial score (nSPS) is 12.3. The molecule has 19 heavy (non-hydrogen) atoms. The number of aromatic hydroxyl groups is 1. The second-order valence-corrected chi connectivity index (χ2v) is 4.61. The van der Waals surface area contributed by atoms with Crippen molar-refractivity contribution >= 4 is 5.97 Å². The van der Waals surface area contributed by atoms with E-state index in [0.717, 1.165) is 31.2 Å². The van der Waals surface area contributed by atoms with E-state index in [1.807, 2.05) is 0 Å². The van der Waals surface area contributed by atoms with E-state index in [4.69, 9.17) is 9.84 Å². The molecule has 4 nitrogen and oxygen atoms in total. The smallest absolute Gasteiger partial charge is 0.115 e. The third kappa shape index (κ3) is 6.25. The Kier molecular flexibility index (Phi) is 6.97. The minimum atomic E-state index is -1.19. The molecule has 1 atom stereocenters. The summed E-state index contributed by atoms with van der Waals surface area (Å²) in [6, 6.07) is 6.43. The minimum Gasteiger partial charge on any atom is -0.547 e. The monoisotopic (exact) mass is 265 g/mol. The van der Waals surface area contributed by atoms with Crippen molar-refractivity contribution in [1.29, 1.82) is 0 Å². The van der Waals surface area contributed by atoms with Crippen molar-refractivity contribution < 1.29 is 19.7 Å². The van der Waals surface area contributed by atoms with E-state index in [1.165, 1.54) is 12.1 Å². The summed E-state index contributed by atoms with van der Waals surface area (Å²) >= 11 is 0. The van der Waals surface area contributed by atoms with Gasteiger partial charge < -0.3 is 19.7 Å². The van der Waals surface area contributed by atoms with Crippen LogP contribution in [0.3, 0.4) is 0 Å². The van der Waals surface area contributed by atoms with Crippen LogP contribution in [0.15, 0.2) is 24.3 Å². The average Bonchev–Trinajstić information content (AvgIpc) is 2.39. The molecule has 4 heteroatoms. The Morgan fingerprint density at radius 1 is 1.26 bits per heavy atom. The molecule has 0 saturated heterocycles. The zero-order chi connectivity index (χ0) is 14.1. The van der Waals surface area contributed by atoms with Gasteiger partial charge >= 0.3 is 0 Å². The van der Waals surface area contributed by atoms with E-state index in [2.05, 4.69) is 6.92 Å². The predicted octanol–water partition coefficient (Wildman–Crippen LogP) is 1.65. The maximum absolute atomic E-state index is 11.0. The van der Waals surface area contributed by atoms with Crippen molar-refractivity contribution in [2.24, 2.45) is 0 Å². The van der Waals surface area contributed by atoms with Gasteiger partial charge in [0.2, 0.25) is 0 Å². The Morgan fingerprint density at radius 2 is 1.95 bits per heavy atom. The molecule has 1 N–H and O–H groups in total. The molecule has 0 amide bonds. The molecule has 0 fully saturated rings. The second kappa shape index (κ2) is 8.53. The topological polar surface area (TPSA) is 69.6 Å². The first-order valence-corrected chi connectivity index (χ1v) is 6.74. The molecule has 0 aliphatic rings. The molecule has 0 aromatic heterocycles. The van der Waals surface area contributed by atoms with Crippen molar-refractivity contribution in [2.75, 3.05) is 6.61 Å². The van der Waals surface area contributed by atoms with Crippen LogP contribution in [0, 0.1) is 0 Å². The maximum atomic E-state index is 11.0. The Hall–Kier alpha value is -1.55. The van der Waals surface area contributed by atoms with Gasteiger partial charge in [-0.3, -0.25) is 0 Å². The van der Waals surface area contributed by atoms with Crippen molar-refractivity contribution in [3.8, 4) is 5.75 Å². The highest BCUT2D eigenvalue weighted by atomic mass is 16.5. The summed E-state index contributed by atoms with van der Waals surface area (Å²) in [5.74, 6) is -1.03. The van der Waals surface area contributed by atoms with Gasteiger partial charge in [0.1, 0.15) is 11.9 Å². The van der Waals surface area contributed by atoms with Crippen LogP contribution < -0.4 is 5.11 Å². The van der Waals surface area contributed by atoms with Gasteiger partial charge in [-0.2, -0.15) is 0 Å². The predicted molar refractivity (Wildman–Crippen MR) is 70.7 cm³/mol. The van der Waals surface area contributed by atoms with Gasteiger partial charge in [-0.15, -0.1) is 0 Å². The molecular formula is C15H21O4-. The number of hydrogen-bond donors (Lipinski definition) is 1. The standard InChI is InChI=1S/C15H22O4/c1-2-3-4-5-10-19-14(15(17)18)11-12-6-8-13(16)9-7-12/h6-9,14,16H,2-5,10-11H2,1H3,(H,17,18)/p-1. The molecular weight excluding hydrogens is 244 g/mol. The number of carboxylic acid groups (broad SMARTS) is 1. The van der Waals surface area contributed by atoms with Gasteiger partial charge in [0.05, 0.1) is 5.97 Å². The van der Waals surface area contributed by atoms with E-state index in [1.54, 1.807) is 12.1 Å². The number of unbranched alkanes of at least 4 members (excludes halogenated alkanes) is 3. The number of aliphatic carboxylic acids is 1. The lowest BCUT2D eigenvalue weighted by Gasteiger charge is -2.19. The summed E-state index contributed by atoms with van der Waals surface area (Å²) in [4.78, 5) is 11.0. The van der Waals surface area contributed by atoms with Crippen LogP contribution in [0.4, 0.5) is 0 Å². The van der Waals surface area contributed by atoms with E-state index in [-0.39, 0.29) is 12.2 Å². The molecule has 106 valence electrons. The molecule has 0 spiro atoms. The Bertz CT molecular complexity index is 372. The lowest BCUT2D eigenvalue weighted by molar-refractivity contribution is -0.316. The zero-order valence-corrected chi connectivity index (χ0v) is 11.3. The number of carbonyl (C=O) groups is 1. The van der Waals surface area contributed by atoms with Crippen LogP contribution in [-0.4, -0.2) is 23.8 Å². The molecule has 0 aliphatic carbocycles. The van der Waals surface area contributed by atoms with E-state index >= 15 is 0 Å². The summed E-state index contributed by atoms with van der Waals surface area (Å²) in [6.45, 7) is 2.56. The number of rotatable bonds is 9. The molecule has 1 rings (SSSR count). The first-order chi connectivity index (χ1) is 9.13. The first kappa shape index (κ1) is 15.5. The van der Waals surface area contributed by atoms with E-state index in [9.17, 15) is 9.90 Å². The van der Waals surface area contributed by atoms with E-state index < -0.39 is 12.1 Å². The highest BCUT2D eigenvalue weighted by molar-refractivity contribution is 5.70. The fourth-order valence-corrected chi connectivity index (χ4v) is 1.81. The van der Waals surface area contributed by atoms with Gasteiger partial charge in [0, 0.05) is 13.0 Å². The van der Waals surface area contributed by atoms with Crippen molar-refractivity contribution in [2.45, 2.75) is 45.1 Å². The van der Waals surface area contributed by atoms with Crippen LogP contribution in [0.1, 0.15) is 38.2 Å². The van der Waals surface area contributed by atoms with Crippen molar-refractivity contribution in [1.82, 2.24) is 0 Å². The molecule has 0 saturated carbocycles. The number of hydrogen-bond acceptors (Lipinski definition) is 4. The number of ether oxygens (including phenoxy) is 1. The summed E-state index contributed by atoms with van der Waals surface area (Å²) < 4.78 is 5.36. The van der Waals surface area contributed by atoms with Gasteiger partial charge in [-0.05, 0) is 24.1 Å². The lowest BCUT2D eigenvalue weighted by atomic mass is 10.1. The summed E-state index contributed by atoms with van der Waals surface area (Å²) in [5, 5.41) is 20.2. The Balaban J connectivity index is 2.40. The summed E-state index contributed by atoms with van der Waals surface area (Å²) in [7, 11) is 0. The maximum Gasteiger partial charge on any atom is 0.115 e. The number of carboxylic acids is 1. The minimum absolute atomic E-state index is 0.161. The zero-order valence-electron chi connectivity index (χ0n) is 11.3. The summed E-state index contributed by atoms with van der Waals surface area (Å²) in [5.41, 5.74) is 0.806. The Morgan fingerprint density at radius 3 is 2.53 bits per heavy atom. The van der Waals surface area contributed by atoms with E-state index in [0.29, 0.717) is 6.61 Å². The third-order valence-electron chi connectivity index (χ3n) is 2.94. The molecule has 1 aromatic rings. The lowest BCUT2D eigenvalue weighted by Crippen LogP contribution is -2.39. The number of carbonyl (C=O) groups excluding carboxylic acids is 1. The highest BCUT2D eigenvalue weighted by Gasteiger charge is 2.11. The van der Waals surface area contributed by atoms with Gasteiger partial charge in [0.25, 0.3) is 0 Å². The van der Waals surface area contributed by atoms with Gasteiger partial charge in [-0.25, -0.2) is 0 Å². The molecule has 1 unspecified atom stereocenters. The van der Waals surface area contributed by atoms with Gasteiger partial charge in [0.15, 0.2) is 0 Å². The van der Waals surface area contributed by atoms with Crippen LogP contribution in [0.25, 0.3) is 0 Å². The highest BCUT2D eigenvalue weighted by Crippen LogP contribution is 2.12. The second-order valence-electron chi connectivity index (χ2n) is 4.61. The van der Waals surface area contributed by atoms with Crippen LogP contribution in [0.5, 0.6) is 5.75 Å².